The van der Waals surface area contributed by atoms with E-state index in [-0.39, 0.29) is 12.4 Å². The number of ether oxygens (including phenoxy) is 1. The Bertz CT molecular complexity index is 1450. The molecule has 0 saturated heterocycles. The van der Waals surface area contributed by atoms with Gasteiger partial charge in [0.05, 0.1) is 28.7 Å². The molecule has 0 fully saturated rings. The minimum Gasteiger partial charge on any atom is -0.421 e. The number of fused-ring (bicyclic) bond motifs is 1. The second kappa shape index (κ2) is 10.0. The van der Waals surface area contributed by atoms with Crippen LogP contribution in [0.4, 0.5) is 4.39 Å². The molecule has 4 aromatic heterocycles. The normalized spacial score (nSPS) is 12.8. The van der Waals surface area contributed by atoms with Gasteiger partial charge in [-0.2, -0.15) is 5.10 Å². The first-order valence-corrected chi connectivity index (χ1v) is 11.2. The molecule has 176 valence electrons. The van der Waals surface area contributed by atoms with Crippen molar-refractivity contribution in [1.29, 1.82) is 5.41 Å². The molecule has 10 heteroatoms. The summed E-state index contributed by atoms with van der Waals surface area (Å²) in [5, 5.41) is 14.5. The molecular formula is C24H25ClFN7O. The van der Waals surface area contributed by atoms with Gasteiger partial charge in [-0.25, -0.2) is 14.4 Å². The fourth-order valence-electron chi connectivity index (χ4n) is 3.37. The van der Waals surface area contributed by atoms with Crippen molar-refractivity contribution in [3.8, 4) is 11.1 Å². The summed E-state index contributed by atoms with van der Waals surface area (Å²) in [6.45, 7) is 3.60. The summed E-state index contributed by atoms with van der Waals surface area (Å²) in [4.78, 5) is 12.1. The number of allylic oxidation sites excluding steroid dienone is 1. The molecule has 4 heterocycles. The highest BCUT2D eigenvalue weighted by molar-refractivity contribution is 6.30. The second-order valence-electron chi connectivity index (χ2n) is 7.81. The Labute approximate surface area is 200 Å². The first kappa shape index (κ1) is 23.4. The summed E-state index contributed by atoms with van der Waals surface area (Å²) in [5.41, 5.74) is 3.88. The van der Waals surface area contributed by atoms with Gasteiger partial charge in [0.15, 0.2) is 0 Å². The maximum Gasteiger partial charge on any atom is 0.223 e. The zero-order valence-electron chi connectivity index (χ0n) is 19.1. The lowest BCUT2D eigenvalue weighted by atomic mass is 10.1. The van der Waals surface area contributed by atoms with E-state index in [0.717, 1.165) is 22.1 Å². The molecule has 0 radical (unpaired) electrons. The van der Waals surface area contributed by atoms with Gasteiger partial charge in [0.25, 0.3) is 0 Å². The number of aryl methyl sites for hydroxylation is 2. The van der Waals surface area contributed by atoms with Crippen LogP contribution in [-0.2, 0) is 18.3 Å². The number of aromatic nitrogens is 5. The molecule has 0 saturated carbocycles. The van der Waals surface area contributed by atoms with Crippen LogP contribution in [0.2, 0.25) is 5.02 Å². The van der Waals surface area contributed by atoms with E-state index in [0.29, 0.717) is 33.9 Å². The summed E-state index contributed by atoms with van der Waals surface area (Å²) in [6.07, 6.45) is 11.1. The second-order valence-corrected chi connectivity index (χ2v) is 8.22. The van der Waals surface area contributed by atoms with Gasteiger partial charge in [-0.15, -0.1) is 0 Å². The maximum atomic E-state index is 12.6. The number of nitrogens with one attached hydrogen (secondary N) is 2. The van der Waals surface area contributed by atoms with Crippen molar-refractivity contribution in [1.82, 2.24) is 24.3 Å². The fraction of sp³-hybridized carbons (Fsp3) is 0.250. The lowest BCUT2D eigenvalue weighted by molar-refractivity contribution is 0.396. The van der Waals surface area contributed by atoms with E-state index in [9.17, 15) is 4.39 Å². The molecule has 0 aliphatic carbocycles. The first-order chi connectivity index (χ1) is 16.4. The molecule has 0 bridgehead atoms. The van der Waals surface area contributed by atoms with E-state index >= 15 is 0 Å². The van der Waals surface area contributed by atoms with Crippen LogP contribution in [0.1, 0.15) is 25.8 Å². The largest absolute Gasteiger partial charge is 0.421 e. The molecule has 0 amide bonds. The Morgan fingerprint density at radius 1 is 1.29 bits per heavy atom. The summed E-state index contributed by atoms with van der Waals surface area (Å²) >= 11 is 6.36. The number of halogens is 2. The predicted octanol–water partition coefficient (Wildman–Crippen LogP) is 4.97. The Balaban J connectivity index is 1.68. The predicted molar refractivity (Wildman–Crippen MR) is 130 cm³/mol. The number of nitrogens with zero attached hydrogens (tertiary/aromatic N) is 5. The quantitative estimate of drug-likeness (QED) is 0.221. The number of aromatic amines is 1. The van der Waals surface area contributed by atoms with Crippen molar-refractivity contribution in [2.75, 3.05) is 6.67 Å². The third-order valence-electron chi connectivity index (χ3n) is 5.42. The van der Waals surface area contributed by atoms with Gasteiger partial charge in [-0.1, -0.05) is 18.5 Å². The molecule has 2 N–H and O–H groups in total. The molecule has 4 aromatic rings. The van der Waals surface area contributed by atoms with Crippen LogP contribution in [0.5, 0.6) is 0 Å². The van der Waals surface area contributed by atoms with Crippen LogP contribution in [0, 0.1) is 5.41 Å². The highest BCUT2D eigenvalue weighted by Gasteiger charge is 2.15. The molecule has 0 spiro atoms. The van der Waals surface area contributed by atoms with Crippen LogP contribution in [0.15, 0.2) is 65.8 Å². The highest BCUT2D eigenvalue weighted by Crippen LogP contribution is 2.25. The molecule has 0 aromatic carbocycles. The summed E-state index contributed by atoms with van der Waals surface area (Å²) in [5.74, 6) is 0.228. The zero-order chi connectivity index (χ0) is 24.2. The number of hydrogen-bond donors (Lipinski definition) is 2. The Morgan fingerprint density at radius 2 is 2.12 bits per heavy atom. The molecule has 0 unspecified atom stereocenters. The summed E-state index contributed by atoms with van der Waals surface area (Å²) < 4.78 is 22.0. The summed E-state index contributed by atoms with van der Waals surface area (Å²) in [6, 6.07) is 3.65. The first-order valence-electron chi connectivity index (χ1n) is 10.8. The number of pyridine rings is 2. The van der Waals surface area contributed by atoms with Crippen molar-refractivity contribution in [3.63, 3.8) is 0 Å². The molecule has 8 nitrogen and oxygen atoms in total. The minimum absolute atomic E-state index is 0.0671. The van der Waals surface area contributed by atoms with Gasteiger partial charge in [0, 0.05) is 54.5 Å². The Kier molecular flexibility index (Phi) is 6.93. The highest BCUT2D eigenvalue weighted by atomic mass is 35.5. The van der Waals surface area contributed by atoms with Gasteiger partial charge in [-0.3, -0.25) is 10.1 Å². The molecule has 0 aliphatic rings. The van der Waals surface area contributed by atoms with E-state index in [1.165, 1.54) is 0 Å². The average Bonchev–Trinajstić information content (AvgIpc) is 3.45. The standard InChI is InChI=1S/C24H25ClFN7O/c1-4-15(2)24(31-21-5-7-33(8-6-26)14-20(21)25)34-22(27)19-12-29-23-18(19)9-16(10-28-23)17-11-30-32(3)13-17/h5,7,9-14,27H,4,6,8H2,1-3H3,(H,28,29)/b24-15+,27-22?,31-21+. The van der Waals surface area contributed by atoms with Crippen LogP contribution in [-0.4, -0.2) is 36.9 Å². The van der Waals surface area contributed by atoms with Crippen molar-refractivity contribution in [2.45, 2.75) is 26.8 Å². The van der Waals surface area contributed by atoms with E-state index in [1.807, 2.05) is 33.2 Å². The van der Waals surface area contributed by atoms with Gasteiger partial charge >= 0.3 is 0 Å². The monoisotopic (exact) mass is 481 g/mol. The Morgan fingerprint density at radius 3 is 2.79 bits per heavy atom. The third-order valence-corrected chi connectivity index (χ3v) is 5.71. The topological polar surface area (TPSA) is 96.9 Å². The van der Waals surface area contributed by atoms with Crippen LogP contribution < -0.4 is 5.36 Å². The minimum atomic E-state index is -0.486. The lowest BCUT2D eigenvalue weighted by Gasteiger charge is -2.10. The summed E-state index contributed by atoms with van der Waals surface area (Å²) in [7, 11) is 1.85. The number of rotatable bonds is 7. The van der Waals surface area contributed by atoms with Gasteiger partial charge in [-0.05, 0) is 31.1 Å². The van der Waals surface area contributed by atoms with Crippen LogP contribution in [0.3, 0.4) is 0 Å². The van der Waals surface area contributed by atoms with E-state index in [4.69, 9.17) is 21.7 Å². The van der Waals surface area contributed by atoms with E-state index < -0.39 is 6.67 Å². The molecular weight excluding hydrogens is 457 g/mol. The third kappa shape index (κ3) is 4.94. The Hall–Kier alpha value is -3.72. The lowest BCUT2D eigenvalue weighted by Crippen LogP contribution is -2.12. The van der Waals surface area contributed by atoms with E-state index in [2.05, 4.69) is 20.1 Å². The smallest absolute Gasteiger partial charge is 0.223 e. The molecule has 34 heavy (non-hydrogen) atoms. The average molecular weight is 482 g/mol. The number of alkyl halides is 1. The molecule has 4 rings (SSSR count). The van der Waals surface area contributed by atoms with E-state index in [1.54, 1.807) is 46.3 Å². The SMILES string of the molecule is CC/C(C)=C(\N=c1/ccn(CCF)cc1Cl)OC(=N)c1c[nH]c2ncc(-c3cnn(C)c3)cc12. The van der Waals surface area contributed by atoms with Crippen molar-refractivity contribution in [2.24, 2.45) is 12.0 Å². The fourth-order valence-corrected chi connectivity index (χ4v) is 3.60. The number of H-pyrrole nitrogens is 1. The van der Waals surface area contributed by atoms with Crippen molar-refractivity contribution >= 4 is 28.5 Å². The van der Waals surface area contributed by atoms with Gasteiger partial charge < -0.3 is 14.3 Å². The molecule has 0 aliphatic heterocycles. The van der Waals surface area contributed by atoms with Gasteiger partial charge in [0.2, 0.25) is 11.8 Å². The van der Waals surface area contributed by atoms with Gasteiger partial charge in [0.1, 0.15) is 12.3 Å². The van der Waals surface area contributed by atoms with Crippen molar-refractivity contribution in [3.05, 3.63) is 76.7 Å². The zero-order valence-corrected chi connectivity index (χ0v) is 19.9. The van der Waals surface area contributed by atoms with Crippen LogP contribution in [0.25, 0.3) is 22.2 Å². The molecule has 0 atom stereocenters. The van der Waals surface area contributed by atoms with Crippen molar-refractivity contribution < 1.29 is 9.13 Å². The number of hydrogen-bond acceptors (Lipinski definition) is 5. The van der Waals surface area contributed by atoms with Crippen LogP contribution >= 0.6 is 11.6 Å². The maximum absolute atomic E-state index is 12.6.